The van der Waals surface area contributed by atoms with Crippen LogP contribution in [0, 0.1) is 5.92 Å². The van der Waals surface area contributed by atoms with Gasteiger partial charge in [0.25, 0.3) is 0 Å². The van der Waals surface area contributed by atoms with E-state index in [1.807, 2.05) is 84.9 Å². The van der Waals surface area contributed by atoms with Gasteiger partial charge in [0.1, 0.15) is 17.4 Å². The number of hydrogen-bond acceptors (Lipinski definition) is 5. The van der Waals surface area contributed by atoms with Crippen LogP contribution in [0.5, 0.6) is 0 Å². The van der Waals surface area contributed by atoms with Crippen LogP contribution in [0.4, 0.5) is 4.79 Å². The number of amides is 2. The molecule has 0 aromatic heterocycles. The Kier molecular flexibility index (Phi) is 9.61. The molecule has 7 heteroatoms. The molecule has 2 amide bonds. The highest BCUT2D eigenvalue weighted by atomic mass is 16.6. The van der Waals surface area contributed by atoms with Gasteiger partial charge < -0.3 is 19.5 Å². The van der Waals surface area contributed by atoms with Crippen molar-refractivity contribution in [1.29, 1.82) is 0 Å². The second kappa shape index (κ2) is 13.1. The molecule has 1 aliphatic rings. The summed E-state index contributed by atoms with van der Waals surface area (Å²) in [6, 6.07) is 26.4. The van der Waals surface area contributed by atoms with Crippen molar-refractivity contribution in [2.24, 2.45) is 5.92 Å². The molecule has 41 heavy (non-hydrogen) atoms. The predicted octanol–water partition coefficient (Wildman–Crippen LogP) is 5.50. The Morgan fingerprint density at radius 1 is 0.902 bits per heavy atom. The molecule has 0 radical (unpaired) electrons. The van der Waals surface area contributed by atoms with Gasteiger partial charge in [-0.15, -0.1) is 0 Å². The molecule has 4 rings (SSSR count). The first-order chi connectivity index (χ1) is 19.5. The van der Waals surface area contributed by atoms with Crippen LogP contribution in [0.2, 0.25) is 0 Å². The molecule has 216 valence electrons. The molecular weight excluding hydrogens is 516 g/mol. The van der Waals surface area contributed by atoms with E-state index in [9.17, 15) is 19.5 Å². The van der Waals surface area contributed by atoms with Crippen molar-refractivity contribution in [2.75, 3.05) is 13.1 Å². The topological polar surface area (TPSA) is 87.2 Å². The van der Waals surface area contributed by atoms with Gasteiger partial charge in [0.2, 0.25) is 5.91 Å². The maximum Gasteiger partial charge on any atom is 0.411 e. The minimum Gasteiger partial charge on any atom is -0.444 e. The summed E-state index contributed by atoms with van der Waals surface area (Å²) in [5.74, 6) is -1.04. The van der Waals surface area contributed by atoms with Crippen LogP contribution in [-0.2, 0) is 27.3 Å². The summed E-state index contributed by atoms with van der Waals surface area (Å²) in [6.07, 6.45) is -1.49. The summed E-state index contributed by atoms with van der Waals surface area (Å²) in [5.41, 5.74) is 3.21. The quantitative estimate of drug-likeness (QED) is 0.376. The van der Waals surface area contributed by atoms with Gasteiger partial charge in [-0.1, -0.05) is 84.9 Å². The van der Waals surface area contributed by atoms with Crippen LogP contribution < -0.4 is 0 Å². The number of rotatable bonds is 9. The molecule has 3 aromatic rings. The van der Waals surface area contributed by atoms with Crippen molar-refractivity contribution in [3.05, 3.63) is 96.1 Å². The second-order valence-electron chi connectivity index (χ2n) is 11.8. The Hall–Kier alpha value is -3.97. The number of Topliss-reactive ketones (excluding diaryl/α,β-unsaturated/α-hetero) is 1. The minimum atomic E-state index is -1.28. The molecule has 0 bridgehead atoms. The largest absolute Gasteiger partial charge is 0.444 e. The zero-order valence-electron chi connectivity index (χ0n) is 24.3. The van der Waals surface area contributed by atoms with Crippen molar-refractivity contribution >= 4 is 17.8 Å². The molecule has 1 heterocycles. The van der Waals surface area contributed by atoms with E-state index in [4.69, 9.17) is 4.74 Å². The highest BCUT2D eigenvalue weighted by Crippen LogP contribution is 2.29. The molecule has 1 N–H and O–H groups in total. The van der Waals surface area contributed by atoms with Gasteiger partial charge in [-0.2, -0.15) is 0 Å². The smallest absolute Gasteiger partial charge is 0.411 e. The number of carbonyl (C=O) groups is 3. The molecule has 7 nitrogen and oxygen atoms in total. The van der Waals surface area contributed by atoms with Crippen molar-refractivity contribution in [3.8, 4) is 11.1 Å². The predicted molar refractivity (Wildman–Crippen MR) is 159 cm³/mol. The number of ketones is 1. The first-order valence-corrected chi connectivity index (χ1v) is 14.2. The molecule has 0 spiro atoms. The summed E-state index contributed by atoms with van der Waals surface area (Å²) in [5, 5.41) is 11.9. The summed E-state index contributed by atoms with van der Waals surface area (Å²) in [6.45, 7) is 7.67. The molecule has 0 saturated carbocycles. The Morgan fingerprint density at radius 2 is 1.51 bits per heavy atom. The van der Waals surface area contributed by atoms with Crippen LogP contribution in [0.3, 0.4) is 0 Å². The van der Waals surface area contributed by atoms with E-state index < -0.39 is 29.8 Å². The standard InChI is InChI=1S/C34H40N2O5/c1-24(37)20-29(22-26-14-11-17-28(21-26)27-15-9-6-10-16-27)31(38)30-32(39)35(23-25-12-7-5-8-13-25)18-19-36(30)33(40)41-34(2,3)4/h5-17,21,29-31,38H,18-20,22-23H2,1-4H3/t29-,30-,31-/m0/s1. The minimum absolute atomic E-state index is 0.0708. The lowest BCUT2D eigenvalue weighted by atomic mass is 9.84. The average Bonchev–Trinajstić information content (AvgIpc) is 2.93. The zero-order valence-corrected chi connectivity index (χ0v) is 24.3. The van der Waals surface area contributed by atoms with Gasteiger partial charge in [0.15, 0.2) is 0 Å². The van der Waals surface area contributed by atoms with Crippen molar-refractivity contribution < 1.29 is 24.2 Å². The van der Waals surface area contributed by atoms with Crippen LogP contribution in [0.25, 0.3) is 11.1 Å². The van der Waals surface area contributed by atoms with Gasteiger partial charge >= 0.3 is 6.09 Å². The first kappa shape index (κ1) is 30.0. The van der Waals surface area contributed by atoms with Crippen LogP contribution in [-0.4, -0.2) is 63.5 Å². The summed E-state index contributed by atoms with van der Waals surface area (Å²) in [4.78, 5) is 42.7. The lowest BCUT2D eigenvalue weighted by Crippen LogP contribution is -2.64. The van der Waals surface area contributed by atoms with Gasteiger partial charge in [0.05, 0.1) is 6.10 Å². The molecular formula is C34H40N2O5. The van der Waals surface area contributed by atoms with Gasteiger partial charge in [0, 0.05) is 26.1 Å². The highest BCUT2D eigenvalue weighted by Gasteiger charge is 2.45. The third-order valence-electron chi connectivity index (χ3n) is 7.24. The molecule has 0 aliphatic carbocycles. The number of ether oxygens (including phenoxy) is 1. The monoisotopic (exact) mass is 556 g/mol. The van der Waals surface area contributed by atoms with E-state index in [2.05, 4.69) is 0 Å². The Bertz CT molecular complexity index is 1340. The van der Waals surface area contributed by atoms with E-state index in [1.54, 1.807) is 25.7 Å². The van der Waals surface area contributed by atoms with Crippen LogP contribution in [0.15, 0.2) is 84.9 Å². The van der Waals surface area contributed by atoms with Crippen molar-refractivity contribution in [3.63, 3.8) is 0 Å². The fourth-order valence-electron chi connectivity index (χ4n) is 5.37. The number of carbonyl (C=O) groups excluding carboxylic acids is 3. The van der Waals surface area contributed by atoms with Crippen LogP contribution >= 0.6 is 0 Å². The number of hydrogen-bond donors (Lipinski definition) is 1. The third-order valence-corrected chi connectivity index (χ3v) is 7.24. The fourth-order valence-corrected chi connectivity index (χ4v) is 5.37. The van der Waals surface area contributed by atoms with E-state index >= 15 is 0 Å². The SMILES string of the molecule is CC(=O)C[C@@H](Cc1cccc(-c2ccccc2)c1)[C@H](O)[C@H]1C(=O)N(Cc2ccccc2)CCN1C(=O)OC(C)(C)C. The van der Waals surface area contributed by atoms with Crippen LogP contribution in [0.1, 0.15) is 45.2 Å². The zero-order chi connectivity index (χ0) is 29.6. The molecule has 3 aromatic carbocycles. The Morgan fingerprint density at radius 3 is 2.15 bits per heavy atom. The molecule has 3 atom stereocenters. The second-order valence-corrected chi connectivity index (χ2v) is 11.8. The number of aliphatic hydroxyl groups excluding tert-OH is 1. The lowest BCUT2D eigenvalue weighted by Gasteiger charge is -2.44. The molecule has 1 fully saturated rings. The average molecular weight is 557 g/mol. The number of benzene rings is 3. The summed E-state index contributed by atoms with van der Waals surface area (Å²) in [7, 11) is 0. The summed E-state index contributed by atoms with van der Waals surface area (Å²) < 4.78 is 5.64. The molecule has 1 saturated heterocycles. The first-order valence-electron chi connectivity index (χ1n) is 14.2. The summed E-state index contributed by atoms with van der Waals surface area (Å²) >= 11 is 0. The number of nitrogens with zero attached hydrogens (tertiary/aromatic N) is 2. The van der Waals surface area contributed by atoms with Gasteiger partial charge in [-0.05, 0) is 62.3 Å². The lowest BCUT2D eigenvalue weighted by molar-refractivity contribution is -0.150. The molecule has 0 unspecified atom stereocenters. The van der Waals surface area contributed by atoms with E-state index in [0.29, 0.717) is 19.5 Å². The van der Waals surface area contributed by atoms with Crippen molar-refractivity contribution in [1.82, 2.24) is 9.80 Å². The fraction of sp³-hybridized carbons (Fsp3) is 0.382. The maximum absolute atomic E-state index is 14.0. The number of piperazine rings is 1. The van der Waals surface area contributed by atoms with E-state index in [0.717, 1.165) is 22.3 Å². The van der Waals surface area contributed by atoms with E-state index in [-0.39, 0.29) is 24.7 Å². The molecule has 1 aliphatic heterocycles. The maximum atomic E-state index is 14.0. The number of aliphatic hydroxyl groups is 1. The van der Waals surface area contributed by atoms with Gasteiger partial charge in [-0.25, -0.2) is 4.79 Å². The third kappa shape index (κ3) is 8.04. The van der Waals surface area contributed by atoms with E-state index in [1.165, 1.54) is 11.8 Å². The Balaban J connectivity index is 1.64. The van der Waals surface area contributed by atoms with Gasteiger partial charge in [-0.3, -0.25) is 9.69 Å². The highest BCUT2D eigenvalue weighted by molar-refractivity contribution is 5.88. The Labute approximate surface area is 242 Å². The normalized spacial score (nSPS) is 17.2. The van der Waals surface area contributed by atoms with Crippen molar-refractivity contribution in [2.45, 2.75) is 64.8 Å².